The molecule has 43 heavy (non-hydrogen) atoms. The van der Waals surface area contributed by atoms with E-state index in [4.69, 9.17) is 9.79 Å². The Morgan fingerprint density at radius 1 is 0.651 bits per heavy atom. The molecule has 1 atom stereocenters. The highest BCUT2D eigenvalue weighted by molar-refractivity contribution is 7.52. The number of rotatable bonds is 13. The number of carbonyl (C=O) groups excluding carboxylic acids is 1. The number of ketones is 1. The lowest BCUT2D eigenvalue weighted by Crippen LogP contribution is -2.40. The predicted molar refractivity (Wildman–Crippen MR) is 151 cm³/mol. The normalized spacial score (nSPS) is 13.8. The van der Waals surface area contributed by atoms with Gasteiger partial charge in [-0.2, -0.15) is 8.78 Å². The largest absolute Gasteiger partial charge is 0.399 e. The Bertz CT molecular complexity index is 1620. The van der Waals surface area contributed by atoms with E-state index in [0.29, 0.717) is 22.3 Å². The van der Waals surface area contributed by atoms with E-state index in [1.165, 1.54) is 24.3 Å². The van der Waals surface area contributed by atoms with Crippen LogP contribution in [0, 0.1) is 0 Å². The lowest BCUT2D eigenvalue weighted by atomic mass is 9.67. The molecule has 0 fully saturated rings. The third-order valence-corrected chi connectivity index (χ3v) is 9.25. The molecule has 226 valence electrons. The number of hydrogen-bond donors (Lipinski definition) is 2. The number of benzene rings is 4. The molecule has 0 saturated carbocycles. The van der Waals surface area contributed by atoms with E-state index >= 15 is 0 Å². The van der Waals surface area contributed by atoms with E-state index in [2.05, 4.69) is 9.46 Å². The topological polar surface area (TPSA) is 110 Å². The van der Waals surface area contributed by atoms with Crippen molar-refractivity contribution in [2.45, 2.75) is 30.1 Å². The van der Waals surface area contributed by atoms with Crippen LogP contribution in [-0.4, -0.2) is 15.6 Å². The van der Waals surface area contributed by atoms with Crippen LogP contribution in [0.2, 0.25) is 0 Å². The van der Waals surface area contributed by atoms with Crippen molar-refractivity contribution in [3.05, 3.63) is 143 Å². The van der Waals surface area contributed by atoms with Crippen LogP contribution < -0.4 is 0 Å². The van der Waals surface area contributed by atoms with Crippen LogP contribution in [0.5, 0.6) is 0 Å². The van der Waals surface area contributed by atoms with Crippen molar-refractivity contribution in [3.63, 3.8) is 0 Å². The third kappa shape index (κ3) is 7.21. The van der Waals surface area contributed by atoms with Gasteiger partial charge in [0.15, 0.2) is 5.78 Å². The zero-order valence-electron chi connectivity index (χ0n) is 22.4. The molecule has 0 heterocycles. The Morgan fingerprint density at radius 3 is 1.56 bits per heavy atom. The molecule has 0 aliphatic rings. The fourth-order valence-electron chi connectivity index (χ4n) is 4.92. The molecule has 13 heteroatoms. The first kappa shape index (κ1) is 32.5. The highest BCUT2D eigenvalue weighted by Gasteiger charge is 2.50. The van der Waals surface area contributed by atoms with Gasteiger partial charge in [-0.05, 0) is 44.1 Å². The van der Waals surface area contributed by atoms with E-state index in [1.807, 2.05) is 0 Å². The Balaban J connectivity index is 1.80. The average Bonchev–Trinajstić information content (AvgIpc) is 3.01. The van der Waals surface area contributed by atoms with Gasteiger partial charge >= 0.3 is 20.9 Å². The maximum absolute atomic E-state index is 14.4. The van der Waals surface area contributed by atoms with Crippen LogP contribution in [-0.2, 0) is 48.7 Å². The van der Waals surface area contributed by atoms with Gasteiger partial charge in [-0.1, -0.05) is 109 Å². The smallest absolute Gasteiger partial charge is 0.320 e. The molecular weight excluding hydrogens is 610 g/mol. The lowest BCUT2D eigenvalue weighted by Gasteiger charge is -2.34. The summed E-state index contributed by atoms with van der Waals surface area (Å²) in [6.07, 6.45) is -0.588. The van der Waals surface area contributed by atoms with Crippen LogP contribution in [0.1, 0.15) is 38.2 Å². The van der Waals surface area contributed by atoms with E-state index in [1.54, 1.807) is 72.8 Å². The quantitative estimate of drug-likeness (QED) is 0.0869. The van der Waals surface area contributed by atoms with Gasteiger partial charge in [0.05, 0.1) is 11.6 Å². The fraction of sp³-hybridized carbons (Fsp3) is 0.167. The molecule has 4 aromatic carbocycles. The second-order valence-corrected chi connectivity index (χ2v) is 13.5. The Labute approximate surface area is 244 Å². The molecule has 0 saturated heterocycles. The van der Waals surface area contributed by atoms with Gasteiger partial charge in [0, 0.05) is 11.1 Å². The molecule has 4 rings (SSSR count). The summed E-state index contributed by atoms with van der Waals surface area (Å²) in [5.41, 5.74) is -4.29. The van der Waals surface area contributed by atoms with Crippen molar-refractivity contribution in [2.75, 3.05) is 0 Å². The van der Waals surface area contributed by atoms with Gasteiger partial charge < -0.3 is 9.79 Å². The first-order valence-corrected chi connectivity index (χ1v) is 16.1. The highest BCUT2D eigenvalue weighted by Crippen LogP contribution is 2.59. The summed E-state index contributed by atoms with van der Waals surface area (Å²) in [4.78, 5) is 32.6. The van der Waals surface area contributed by atoms with Crippen molar-refractivity contribution >= 4 is 21.0 Å². The summed E-state index contributed by atoms with van der Waals surface area (Å²) in [5, 5.41) is 0. The SMILES string of the molecule is O=C(c1ccccc1)C(Cc1ccc(CP(=O)(OF)OF)cc1)(Cc1ccc(C(F)(F)P(=O)(O)O)cc1)c1ccccc1. The van der Waals surface area contributed by atoms with E-state index < -0.39 is 38.0 Å². The van der Waals surface area contributed by atoms with Crippen molar-refractivity contribution in [3.8, 4) is 0 Å². The number of Topliss-reactive ketones (excluding diaryl/α,β-unsaturated/α-hetero) is 1. The number of carbonyl (C=O) groups is 1. The first-order chi connectivity index (χ1) is 20.3. The number of hydrogen-bond acceptors (Lipinski definition) is 5. The first-order valence-electron chi connectivity index (χ1n) is 12.8. The second-order valence-electron chi connectivity index (χ2n) is 10.0. The van der Waals surface area contributed by atoms with Crippen molar-refractivity contribution in [2.24, 2.45) is 0 Å². The minimum atomic E-state index is -5.78. The fourth-order valence-corrected chi connectivity index (χ4v) is 6.18. The zero-order chi connectivity index (χ0) is 31.3. The minimum absolute atomic E-state index is 0.00877. The summed E-state index contributed by atoms with van der Waals surface area (Å²) in [7, 11) is -10.4. The molecule has 0 radical (unpaired) electrons. The van der Waals surface area contributed by atoms with Crippen LogP contribution in [0.3, 0.4) is 0 Å². The Kier molecular flexibility index (Phi) is 9.86. The average molecular weight is 636 g/mol. The molecular formula is C30H26F4O7P2. The summed E-state index contributed by atoms with van der Waals surface area (Å²) in [6.45, 7) is 0. The lowest BCUT2D eigenvalue weighted by molar-refractivity contribution is -0.0881. The second kappa shape index (κ2) is 13.1. The van der Waals surface area contributed by atoms with Crippen LogP contribution >= 0.6 is 15.2 Å². The van der Waals surface area contributed by atoms with E-state index in [-0.39, 0.29) is 24.2 Å². The van der Waals surface area contributed by atoms with Crippen LogP contribution in [0.15, 0.2) is 109 Å². The molecule has 0 bridgehead atoms. The van der Waals surface area contributed by atoms with E-state index in [9.17, 15) is 31.8 Å². The van der Waals surface area contributed by atoms with Crippen molar-refractivity contribution in [1.29, 1.82) is 0 Å². The Hall–Kier alpha value is -3.43. The number of halogens is 4. The van der Waals surface area contributed by atoms with Gasteiger partial charge in [-0.15, -0.1) is 9.46 Å². The van der Waals surface area contributed by atoms with Gasteiger partial charge in [0.1, 0.15) is 0 Å². The molecule has 0 aromatic heterocycles. The van der Waals surface area contributed by atoms with Gasteiger partial charge in [0.25, 0.3) is 0 Å². The summed E-state index contributed by atoms with van der Waals surface area (Å²) in [5.74, 6) is -0.283. The van der Waals surface area contributed by atoms with Crippen molar-refractivity contribution in [1.82, 2.24) is 0 Å². The molecule has 0 amide bonds. The monoisotopic (exact) mass is 636 g/mol. The molecule has 0 spiro atoms. The zero-order valence-corrected chi connectivity index (χ0v) is 24.1. The maximum Gasteiger partial charge on any atom is 0.399 e. The molecule has 4 aromatic rings. The number of alkyl halides is 2. The standard InChI is InChI=1S/C30H26F4O7P2/c31-30(32,43(37,38)39)27-17-15-23(16-18-27)20-29(26-9-5-2-6-10-26,28(35)25-7-3-1-4-8-25)19-22-11-13-24(14-12-22)21-42(36,40-33)41-34/h1-18H,19-21H2,(H2,37,38,39). The van der Waals surface area contributed by atoms with Gasteiger partial charge in [-0.25, -0.2) is 0 Å². The molecule has 1 unspecified atom stereocenters. The van der Waals surface area contributed by atoms with E-state index in [0.717, 1.165) is 12.1 Å². The minimum Gasteiger partial charge on any atom is -0.320 e. The molecule has 2 N–H and O–H groups in total. The van der Waals surface area contributed by atoms with Crippen LogP contribution in [0.4, 0.5) is 17.8 Å². The summed E-state index contributed by atoms with van der Waals surface area (Å²) < 4.78 is 83.4. The predicted octanol–water partition coefficient (Wildman–Crippen LogP) is 8.02. The summed E-state index contributed by atoms with van der Waals surface area (Å²) >= 11 is 0. The Morgan fingerprint density at radius 2 is 1.09 bits per heavy atom. The third-order valence-electron chi connectivity index (χ3n) is 7.09. The molecule has 0 aliphatic carbocycles. The van der Waals surface area contributed by atoms with Crippen LogP contribution in [0.25, 0.3) is 0 Å². The van der Waals surface area contributed by atoms with Gasteiger partial charge in [0.2, 0.25) is 0 Å². The molecule has 7 nitrogen and oxygen atoms in total. The summed E-state index contributed by atoms with van der Waals surface area (Å²) in [6, 6.07) is 27.8. The highest BCUT2D eigenvalue weighted by atomic mass is 31.2. The maximum atomic E-state index is 14.4. The van der Waals surface area contributed by atoms with Crippen molar-refractivity contribution < 1.29 is 51.0 Å². The van der Waals surface area contributed by atoms with Gasteiger partial charge in [-0.3, -0.25) is 13.9 Å². The molecule has 0 aliphatic heterocycles.